The lowest BCUT2D eigenvalue weighted by atomic mass is 10.0. The highest BCUT2D eigenvalue weighted by molar-refractivity contribution is 6.33. The topological polar surface area (TPSA) is 68.9 Å². The van der Waals surface area contributed by atoms with Gasteiger partial charge in [-0.25, -0.2) is 15.0 Å². The van der Waals surface area contributed by atoms with Crippen LogP contribution in [0.1, 0.15) is 11.3 Å². The summed E-state index contributed by atoms with van der Waals surface area (Å²) in [6.07, 6.45) is 3.40. The summed E-state index contributed by atoms with van der Waals surface area (Å²) in [6, 6.07) is 5.67. The lowest BCUT2D eigenvalue weighted by Crippen LogP contribution is -2.30. The number of hydrogen-bond donors (Lipinski definition) is 0. The number of rotatable bonds is 2. The van der Waals surface area contributed by atoms with Crippen molar-refractivity contribution in [1.82, 2.24) is 15.0 Å². The summed E-state index contributed by atoms with van der Waals surface area (Å²) < 4.78 is 0. The Hall–Kier alpha value is -2.39. The molecule has 0 amide bonds. The third-order valence-corrected chi connectivity index (χ3v) is 5.08. The van der Waals surface area contributed by atoms with E-state index in [0.717, 1.165) is 43.6 Å². The normalized spacial score (nSPS) is 22.5. The van der Waals surface area contributed by atoms with Crippen molar-refractivity contribution in [2.75, 3.05) is 36.0 Å². The molecule has 0 N–H and O–H groups in total. The van der Waals surface area contributed by atoms with Gasteiger partial charge < -0.3 is 9.80 Å². The van der Waals surface area contributed by atoms with Crippen LogP contribution in [-0.2, 0) is 0 Å². The molecule has 7 heteroatoms. The molecule has 0 bridgehead atoms. The van der Waals surface area contributed by atoms with Gasteiger partial charge in [0.25, 0.3) is 0 Å². The van der Waals surface area contributed by atoms with Crippen molar-refractivity contribution >= 4 is 23.4 Å². The Morgan fingerprint density at radius 3 is 2.50 bits per heavy atom. The van der Waals surface area contributed by atoms with E-state index in [2.05, 4.69) is 30.8 Å². The third-order valence-electron chi connectivity index (χ3n) is 4.80. The lowest BCUT2D eigenvalue weighted by Gasteiger charge is -2.23. The van der Waals surface area contributed by atoms with Gasteiger partial charge in [0.05, 0.1) is 10.6 Å². The Kier molecular flexibility index (Phi) is 3.73. The van der Waals surface area contributed by atoms with Crippen molar-refractivity contribution in [2.24, 2.45) is 11.8 Å². The minimum Gasteiger partial charge on any atom is -0.355 e. The second kappa shape index (κ2) is 5.91. The number of fused-ring (bicyclic) bond motifs is 1. The van der Waals surface area contributed by atoms with Crippen molar-refractivity contribution in [3.05, 3.63) is 40.8 Å². The average molecular weight is 341 g/mol. The molecule has 0 radical (unpaired) electrons. The fraction of sp³-hybridized carbons (Fsp3) is 0.412. The Morgan fingerprint density at radius 1 is 1.17 bits per heavy atom. The monoisotopic (exact) mass is 340 g/mol. The molecule has 2 saturated heterocycles. The number of pyridine rings is 1. The molecule has 4 rings (SSSR count). The Balaban J connectivity index is 1.47. The lowest BCUT2D eigenvalue weighted by molar-refractivity contribution is 0.533. The quantitative estimate of drug-likeness (QED) is 0.835. The zero-order chi connectivity index (χ0) is 16.7. The standard InChI is InChI=1S/C17H17ClN6/c1-11-2-3-20-17(22-11)24-9-13-7-23(8-14(13)10-24)16-15(18)4-12(5-19)6-21-16/h2-4,6,13-14H,7-10H2,1H3. The first kappa shape index (κ1) is 15.2. The van der Waals surface area contributed by atoms with Gasteiger partial charge in [-0.15, -0.1) is 0 Å². The molecular weight excluding hydrogens is 324 g/mol. The average Bonchev–Trinajstić information content (AvgIpc) is 3.13. The molecule has 2 unspecified atom stereocenters. The summed E-state index contributed by atoms with van der Waals surface area (Å²) >= 11 is 6.30. The summed E-state index contributed by atoms with van der Waals surface area (Å²) in [7, 11) is 0. The molecule has 2 atom stereocenters. The van der Waals surface area contributed by atoms with Crippen LogP contribution in [0.15, 0.2) is 24.5 Å². The van der Waals surface area contributed by atoms with Gasteiger partial charge in [-0.1, -0.05) is 11.6 Å². The molecule has 0 aliphatic carbocycles. The highest BCUT2D eigenvalue weighted by atomic mass is 35.5. The molecule has 2 aliphatic heterocycles. The van der Waals surface area contributed by atoms with Crippen LogP contribution >= 0.6 is 11.6 Å². The zero-order valence-electron chi connectivity index (χ0n) is 13.4. The number of anilines is 2. The van der Waals surface area contributed by atoms with Crippen LogP contribution in [0.25, 0.3) is 0 Å². The minimum atomic E-state index is 0.492. The molecule has 2 aromatic heterocycles. The van der Waals surface area contributed by atoms with E-state index in [0.29, 0.717) is 22.4 Å². The molecule has 2 aliphatic rings. The third kappa shape index (κ3) is 2.65. The smallest absolute Gasteiger partial charge is 0.225 e. The van der Waals surface area contributed by atoms with Gasteiger partial charge in [-0.2, -0.15) is 5.26 Å². The fourth-order valence-corrected chi connectivity index (χ4v) is 3.93. The largest absolute Gasteiger partial charge is 0.355 e. The fourth-order valence-electron chi connectivity index (χ4n) is 3.64. The van der Waals surface area contributed by atoms with Crippen molar-refractivity contribution in [1.29, 1.82) is 5.26 Å². The molecule has 2 fully saturated rings. The van der Waals surface area contributed by atoms with Crippen LogP contribution in [0.4, 0.5) is 11.8 Å². The van der Waals surface area contributed by atoms with Crippen molar-refractivity contribution in [3.8, 4) is 6.07 Å². The first-order valence-electron chi connectivity index (χ1n) is 7.99. The number of nitriles is 1. The van der Waals surface area contributed by atoms with Crippen molar-refractivity contribution in [3.63, 3.8) is 0 Å². The maximum Gasteiger partial charge on any atom is 0.225 e. The number of hydrogen-bond acceptors (Lipinski definition) is 6. The van der Waals surface area contributed by atoms with Gasteiger partial charge in [-0.3, -0.25) is 0 Å². The molecule has 122 valence electrons. The predicted molar refractivity (Wildman–Crippen MR) is 92.1 cm³/mol. The number of aromatic nitrogens is 3. The Morgan fingerprint density at radius 2 is 1.88 bits per heavy atom. The van der Waals surface area contributed by atoms with Crippen molar-refractivity contribution in [2.45, 2.75) is 6.92 Å². The van der Waals surface area contributed by atoms with Gasteiger partial charge in [-0.05, 0) is 19.1 Å². The molecule has 4 heterocycles. The first-order chi connectivity index (χ1) is 11.6. The molecule has 0 spiro atoms. The van der Waals surface area contributed by atoms with Crippen LogP contribution in [0.2, 0.25) is 5.02 Å². The van der Waals surface area contributed by atoms with Gasteiger partial charge in [0.1, 0.15) is 11.9 Å². The second-order valence-corrected chi connectivity index (χ2v) is 6.88. The molecule has 2 aromatic rings. The molecule has 6 nitrogen and oxygen atoms in total. The summed E-state index contributed by atoms with van der Waals surface area (Å²) in [5, 5.41) is 9.48. The van der Waals surface area contributed by atoms with Gasteiger partial charge in [0, 0.05) is 56.1 Å². The van der Waals surface area contributed by atoms with E-state index in [9.17, 15) is 0 Å². The summed E-state index contributed by atoms with van der Waals surface area (Å²) in [5.41, 5.74) is 1.48. The number of aryl methyl sites for hydroxylation is 1. The maximum absolute atomic E-state index is 8.93. The second-order valence-electron chi connectivity index (χ2n) is 6.47. The van der Waals surface area contributed by atoms with Crippen LogP contribution < -0.4 is 9.80 Å². The predicted octanol–water partition coefficient (Wildman–Crippen LogP) is 2.28. The zero-order valence-corrected chi connectivity index (χ0v) is 14.1. The summed E-state index contributed by atoms with van der Waals surface area (Å²) in [5.74, 6) is 2.72. The first-order valence-corrected chi connectivity index (χ1v) is 8.37. The van der Waals surface area contributed by atoms with E-state index in [1.54, 1.807) is 12.3 Å². The van der Waals surface area contributed by atoms with E-state index in [4.69, 9.17) is 16.9 Å². The Labute approximate surface area is 145 Å². The van der Waals surface area contributed by atoms with Crippen LogP contribution in [0, 0.1) is 30.1 Å². The van der Waals surface area contributed by atoms with Gasteiger partial charge in [0.15, 0.2) is 0 Å². The maximum atomic E-state index is 8.93. The molecular formula is C17H17ClN6. The van der Waals surface area contributed by atoms with E-state index in [1.165, 1.54) is 0 Å². The highest BCUT2D eigenvalue weighted by Gasteiger charge is 2.41. The molecule has 0 aromatic carbocycles. The summed E-state index contributed by atoms with van der Waals surface area (Å²) in [6.45, 7) is 5.75. The van der Waals surface area contributed by atoms with Crippen molar-refractivity contribution < 1.29 is 0 Å². The molecule has 0 saturated carbocycles. The highest BCUT2D eigenvalue weighted by Crippen LogP contribution is 2.36. The van der Waals surface area contributed by atoms with Crippen LogP contribution in [0.3, 0.4) is 0 Å². The van der Waals surface area contributed by atoms with E-state index in [1.807, 2.05) is 19.2 Å². The van der Waals surface area contributed by atoms with Gasteiger partial charge >= 0.3 is 0 Å². The number of halogens is 1. The van der Waals surface area contributed by atoms with E-state index in [-0.39, 0.29) is 0 Å². The minimum absolute atomic E-state index is 0.492. The number of nitrogens with zero attached hydrogens (tertiary/aromatic N) is 6. The van der Waals surface area contributed by atoms with Gasteiger partial charge in [0.2, 0.25) is 5.95 Å². The Bertz CT molecular complexity index is 803. The van der Waals surface area contributed by atoms with Crippen LogP contribution in [-0.4, -0.2) is 41.1 Å². The SMILES string of the molecule is Cc1ccnc(N2CC3CN(c4ncc(C#N)cc4Cl)CC3C2)n1. The molecule has 24 heavy (non-hydrogen) atoms. The van der Waals surface area contributed by atoms with E-state index < -0.39 is 0 Å². The summed E-state index contributed by atoms with van der Waals surface area (Å²) in [4.78, 5) is 17.8. The van der Waals surface area contributed by atoms with Crippen LogP contribution in [0.5, 0.6) is 0 Å². The van der Waals surface area contributed by atoms with E-state index >= 15 is 0 Å².